The van der Waals surface area contributed by atoms with Crippen molar-refractivity contribution in [2.24, 2.45) is 0 Å². The van der Waals surface area contributed by atoms with E-state index in [0.29, 0.717) is 28.4 Å². The Kier molecular flexibility index (Phi) is 2.61. The van der Waals surface area contributed by atoms with Gasteiger partial charge in [0.05, 0.1) is 28.0 Å². The lowest BCUT2D eigenvalue weighted by Crippen LogP contribution is -2.44. The monoisotopic (exact) mass is 262 g/mol. The second-order valence-electron chi connectivity index (χ2n) is 5.15. The minimum Gasteiger partial charge on any atom is -0.397 e. The van der Waals surface area contributed by atoms with Gasteiger partial charge in [-0.05, 0) is 25.6 Å². The summed E-state index contributed by atoms with van der Waals surface area (Å²) in [6.45, 7) is 2.02. The number of nitrogens with zero attached hydrogens (tertiary/aromatic N) is 3. The van der Waals surface area contributed by atoms with Gasteiger partial charge in [0.2, 0.25) is 0 Å². The van der Waals surface area contributed by atoms with Crippen LogP contribution >= 0.6 is 11.6 Å². The smallest absolute Gasteiger partial charge is 0.0993 e. The SMILES string of the molecule is CN1C[C@H]2C[C@@H]1CN2c1cc(C#N)cc(N)c1Cl. The van der Waals surface area contributed by atoms with Crippen LogP contribution < -0.4 is 10.6 Å². The first-order chi connectivity index (χ1) is 8.60. The van der Waals surface area contributed by atoms with Crippen molar-refractivity contribution in [3.05, 3.63) is 22.7 Å². The Balaban J connectivity index is 1.99. The lowest BCUT2D eigenvalue weighted by molar-refractivity contribution is 0.292. The number of nitriles is 1. The van der Waals surface area contributed by atoms with Gasteiger partial charge in [0, 0.05) is 25.2 Å². The van der Waals surface area contributed by atoms with E-state index in [2.05, 4.69) is 22.9 Å². The van der Waals surface area contributed by atoms with Gasteiger partial charge in [0.1, 0.15) is 0 Å². The quantitative estimate of drug-likeness (QED) is 0.783. The molecule has 0 saturated carbocycles. The van der Waals surface area contributed by atoms with Gasteiger partial charge in [-0.25, -0.2) is 0 Å². The average molecular weight is 263 g/mol. The van der Waals surface area contributed by atoms with Crippen molar-refractivity contribution in [3.8, 4) is 6.07 Å². The van der Waals surface area contributed by atoms with Crippen molar-refractivity contribution in [2.45, 2.75) is 18.5 Å². The van der Waals surface area contributed by atoms with Crippen LogP contribution in [-0.2, 0) is 0 Å². The number of piperazine rings is 1. The second-order valence-corrected chi connectivity index (χ2v) is 5.52. The lowest BCUT2D eigenvalue weighted by atomic mass is 10.1. The Morgan fingerprint density at radius 1 is 1.39 bits per heavy atom. The molecule has 1 aromatic rings. The maximum atomic E-state index is 9.02. The first kappa shape index (κ1) is 11.6. The molecule has 2 heterocycles. The molecule has 4 nitrogen and oxygen atoms in total. The number of likely N-dealkylation sites (tertiary alicyclic amines) is 1. The number of nitrogen functional groups attached to an aromatic ring is 1. The number of rotatable bonds is 1. The molecule has 3 rings (SSSR count). The molecule has 94 valence electrons. The first-order valence-corrected chi connectivity index (χ1v) is 6.44. The lowest BCUT2D eigenvalue weighted by Gasteiger charge is -2.34. The number of anilines is 2. The van der Waals surface area contributed by atoms with Gasteiger partial charge in [0.15, 0.2) is 0 Å². The average Bonchev–Trinajstić information content (AvgIpc) is 2.91. The molecule has 0 amide bonds. The highest BCUT2D eigenvalue weighted by molar-refractivity contribution is 6.35. The van der Waals surface area contributed by atoms with Crippen molar-refractivity contribution < 1.29 is 0 Å². The van der Waals surface area contributed by atoms with E-state index in [1.807, 2.05) is 6.07 Å². The maximum absolute atomic E-state index is 9.02. The zero-order chi connectivity index (χ0) is 12.9. The predicted octanol–water partition coefficient (Wildman–Crippen LogP) is 1.69. The Hall–Kier alpha value is -1.44. The molecule has 2 N–H and O–H groups in total. The van der Waals surface area contributed by atoms with E-state index in [0.717, 1.165) is 18.8 Å². The fourth-order valence-corrected chi connectivity index (χ4v) is 3.28. The Labute approximate surface area is 112 Å². The number of fused-ring (bicyclic) bond motifs is 2. The highest BCUT2D eigenvalue weighted by Gasteiger charge is 2.42. The minimum absolute atomic E-state index is 0.488. The Morgan fingerprint density at radius 3 is 2.72 bits per heavy atom. The normalized spacial score (nSPS) is 26.6. The summed E-state index contributed by atoms with van der Waals surface area (Å²) in [6.07, 6.45) is 1.17. The van der Waals surface area contributed by atoms with Crippen molar-refractivity contribution in [3.63, 3.8) is 0 Å². The summed E-state index contributed by atoms with van der Waals surface area (Å²) in [6, 6.07) is 6.70. The molecule has 0 aromatic heterocycles. The second kappa shape index (κ2) is 4.04. The van der Waals surface area contributed by atoms with Crippen LogP contribution in [0, 0.1) is 11.3 Å². The van der Waals surface area contributed by atoms with Crippen LogP contribution in [0.2, 0.25) is 5.02 Å². The molecule has 0 aliphatic carbocycles. The highest BCUT2D eigenvalue weighted by Crippen LogP contribution is 2.39. The van der Waals surface area contributed by atoms with Crippen LogP contribution in [-0.4, -0.2) is 37.1 Å². The van der Waals surface area contributed by atoms with Crippen LogP contribution in [0.25, 0.3) is 0 Å². The molecule has 5 heteroatoms. The van der Waals surface area contributed by atoms with Crippen LogP contribution in [0.3, 0.4) is 0 Å². The third-order valence-corrected chi connectivity index (χ3v) is 4.45. The first-order valence-electron chi connectivity index (χ1n) is 6.06. The molecular formula is C13H15ClN4. The third-order valence-electron chi connectivity index (χ3n) is 4.03. The Bertz CT molecular complexity index is 535. The molecule has 2 fully saturated rings. The summed E-state index contributed by atoms with van der Waals surface area (Å²) >= 11 is 6.29. The molecule has 2 bridgehead atoms. The summed E-state index contributed by atoms with van der Waals surface area (Å²) in [7, 11) is 2.16. The summed E-state index contributed by atoms with van der Waals surface area (Å²) in [5.41, 5.74) is 7.84. The standard InChI is InChI=1S/C13H15ClN4/c1-17-6-10-4-9(17)7-18(10)12-3-8(5-15)2-11(16)13(12)14/h2-3,9-10H,4,6-7,16H2,1H3/t9-,10-/m1/s1. The number of nitrogens with two attached hydrogens (primary N) is 1. The van der Waals surface area contributed by atoms with Gasteiger partial charge in [-0.2, -0.15) is 5.26 Å². The maximum Gasteiger partial charge on any atom is 0.0993 e. The van der Waals surface area contributed by atoms with Gasteiger partial charge in [0.25, 0.3) is 0 Å². The molecule has 1 aromatic carbocycles. The number of hydrogen-bond donors (Lipinski definition) is 1. The molecule has 2 aliphatic rings. The van der Waals surface area contributed by atoms with E-state index >= 15 is 0 Å². The number of likely N-dealkylation sites (N-methyl/N-ethyl adjacent to an activating group) is 1. The number of hydrogen-bond acceptors (Lipinski definition) is 4. The van der Waals surface area contributed by atoms with Gasteiger partial charge < -0.3 is 10.6 Å². The van der Waals surface area contributed by atoms with E-state index in [-0.39, 0.29) is 0 Å². The summed E-state index contributed by atoms with van der Waals surface area (Å²) in [4.78, 5) is 4.68. The fraction of sp³-hybridized carbons (Fsp3) is 0.462. The summed E-state index contributed by atoms with van der Waals surface area (Å²) in [5, 5.41) is 9.59. The van der Waals surface area contributed by atoms with Gasteiger partial charge >= 0.3 is 0 Å². The van der Waals surface area contributed by atoms with E-state index in [9.17, 15) is 0 Å². The molecule has 2 aliphatic heterocycles. The fourth-order valence-electron chi connectivity index (χ4n) is 3.07. The van der Waals surface area contributed by atoms with Crippen molar-refractivity contribution in [1.82, 2.24) is 4.90 Å². The van der Waals surface area contributed by atoms with Gasteiger partial charge in [-0.1, -0.05) is 11.6 Å². The Morgan fingerprint density at radius 2 is 2.17 bits per heavy atom. The molecule has 2 saturated heterocycles. The van der Waals surface area contributed by atoms with E-state index in [1.54, 1.807) is 6.07 Å². The molecule has 18 heavy (non-hydrogen) atoms. The molecule has 0 spiro atoms. The molecule has 0 unspecified atom stereocenters. The van der Waals surface area contributed by atoms with E-state index < -0.39 is 0 Å². The van der Waals surface area contributed by atoms with Crippen molar-refractivity contribution >= 4 is 23.0 Å². The van der Waals surface area contributed by atoms with Gasteiger partial charge in [-0.3, -0.25) is 4.90 Å². The van der Waals surface area contributed by atoms with Crippen molar-refractivity contribution in [2.75, 3.05) is 30.8 Å². The summed E-state index contributed by atoms with van der Waals surface area (Å²) in [5.74, 6) is 0. The third kappa shape index (κ3) is 1.63. The van der Waals surface area contributed by atoms with Crippen LogP contribution in [0.4, 0.5) is 11.4 Å². The largest absolute Gasteiger partial charge is 0.397 e. The predicted molar refractivity (Wildman–Crippen MR) is 72.7 cm³/mol. The van der Waals surface area contributed by atoms with Crippen molar-refractivity contribution in [1.29, 1.82) is 5.26 Å². The zero-order valence-electron chi connectivity index (χ0n) is 10.2. The highest BCUT2D eigenvalue weighted by atomic mass is 35.5. The topological polar surface area (TPSA) is 56.3 Å². The zero-order valence-corrected chi connectivity index (χ0v) is 11.0. The van der Waals surface area contributed by atoms with E-state index in [4.69, 9.17) is 22.6 Å². The molecule has 0 radical (unpaired) electrons. The molecular weight excluding hydrogens is 248 g/mol. The minimum atomic E-state index is 0.488. The van der Waals surface area contributed by atoms with Gasteiger partial charge in [-0.15, -0.1) is 0 Å². The van der Waals surface area contributed by atoms with Crippen LogP contribution in [0.5, 0.6) is 0 Å². The summed E-state index contributed by atoms with van der Waals surface area (Å²) < 4.78 is 0. The molecule has 2 atom stereocenters. The van der Waals surface area contributed by atoms with Crippen LogP contribution in [0.15, 0.2) is 12.1 Å². The number of benzene rings is 1. The van der Waals surface area contributed by atoms with E-state index in [1.165, 1.54) is 6.42 Å². The van der Waals surface area contributed by atoms with Crippen LogP contribution in [0.1, 0.15) is 12.0 Å². The number of halogens is 1.